The van der Waals surface area contributed by atoms with Gasteiger partial charge in [-0.15, -0.1) is 0 Å². The summed E-state index contributed by atoms with van der Waals surface area (Å²) in [6.45, 7) is 0. The SMILES string of the molecule is O=C(O)c1cc(Cl)nc(Oc2ccc(Br)cc2F)c1. The molecule has 0 aliphatic heterocycles. The van der Waals surface area contributed by atoms with Gasteiger partial charge in [0.05, 0.1) is 5.56 Å². The number of carboxylic acid groups (broad SMARTS) is 1. The highest BCUT2D eigenvalue weighted by atomic mass is 79.9. The molecule has 0 unspecified atom stereocenters. The fourth-order valence-electron chi connectivity index (χ4n) is 1.32. The third-order valence-corrected chi connectivity index (χ3v) is 2.81. The molecule has 0 aliphatic rings. The van der Waals surface area contributed by atoms with Crippen LogP contribution in [0.3, 0.4) is 0 Å². The molecule has 0 radical (unpaired) electrons. The number of aromatic nitrogens is 1. The van der Waals surface area contributed by atoms with E-state index in [0.29, 0.717) is 4.47 Å². The zero-order valence-corrected chi connectivity index (χ0v) is 11.6. The lowest BCUT2D eigenvalue weighted by Gasteiger charge is -2.07. The lowest BCUT2D eigenvalue weighted by Crippen LogP contribution is -1.99. The van der Waals surface area contributed by atoms with Gasteiger partial charge >= 0.3 is 5.97 Å². The summed E-state index contributed by atoms with van der Waals surface area (Å²) in [5.74, 6) is -1.95. The number of ether oxygens (including phenoxy) is 1. The van der Waals surface area contributed by atoms with E-state index in [0.717, 1.165) is 6.07 Å². The molecule has 2 aromatic rings. The molecule has 1 aromatic carbocycles. The average molecular weight is 347 g/mol. The van der Waals surface area contributed by atoms with E-state index in [9.17, 15) is 9.18 Å². The Morgan fingerprint density at radius 2 is 2.11 bits per heavy atom. The van der Waals surface area contributed by atoms with E-state index in [4.69, 9.17) is 21.4 Å². The summed E-state index contributed by atoms with van der Waals surface area (Å²) in [4.78, 5) is 14.6. The van der Waals surface area contributed by atoms with Crippen LogP contribution < -0.4 is 4.74 Å². The van der Waals surface area contributed by atoms with Crippen molar-refractivity contribution in [1.82, 2.24) is 4.98 Å². The summed E-state index contributed by atoms with van der Waals surface area (Å²) in [6.07, 6.45) is 0. The van der Waals surface area contributed by atoms with Crippen LogP contribution in [0.15, 0.2) is 34.8 Å². The van der Waals surface area contributed by atoms with Crippen LogP contribution in [0, 0.1) is 5.82 Å². The highest BCUT2D eigenvalue weighted by Crippen LogP contribution is 2.27. The fourth-order valence-corrected chi connectivity index (χ4v) is 1.85. The van der Waals surface area contributed by atoms with Gasteiger partial charge in [0.2, 0.25) is 5.88 Å². The summed E-state index contributed by atoms with van der Waals surface area (Å²) in [6, 6.07) is 6.53. The van der Waals surface area contributed by atoms with Gasteiger partial charge in [-0.25, -0.2) is 14.2 Å². The molecule has 7 heteroatoms. The van der Waals surface area contributed by atoms with Crippen molar-refractivity contribution in [3.63, 3.8) is 0 Å². The normalized spacial score (nSPS) is 10.3. The molecule has 0 saturated heterocycles. The maximum Gasteiger partial charge on any atom is 0.335 e. The maximum atomic E-state index is 13.6. The van der Waals surface area contributed by atoms with Gasteiger partial charge in [0.15, 0.2) is 11.6 Å². The van der Waals surface area contributed by atoms with E-state index < -0.39 is 11.8 Å². The highest BCUT2D eigenvalue weighted by molar-refractivity contribution is 9.10. The molecule has 0 spiro atoms. The Kier molecular flexibility index (Phi) is 4.01. The van der Waals surface area contributed by atoms with Gasteiger partial charge in [0.25, 0.3) is 0 Å². The van der Waals surface area contributed by atoms with Gasteiger partial charge in [-0.1, -0.05) is 27.5 Å². The molecule has 0 bridgehead atoms. The zero-order chi connectivity index (χ0) is 14.0. The van der Waals surface area contributed by atoms with Crippen molar-refractivity contribution in [1.29, 1.82) is 0 Å². The minimum atomic E-state index is -1.18. The highest BCUT2D eigenvalue weighted by Gasteiger charge is 2.11. The van der Waals surface area contributed by atoms with Crippen LogP contribution in [0.2, 0.25) is 5.15 Å². The summed E-state index contributed by atoms with van der Waals surface area (Å²) in [7, 11) is 0. The Morgan fingerprint density at radius 3 is 2.74 bits per heavy atom. The Balaban J connectivity index is 2.35. The quantitative estimate of drug-likeness (QED) is 0.849. The Bertz CT molecular complexity index is 651. The molecule has 0 atom stereocenters. The number of benzene rings is 1. The number of pyridine rings is 1. The number of carboxylic acids is 1. The van der Waals surface area contributed by atoms with Crippen molar-refractivity contribution in [3.8, 4) is 11.6 Å². The molecular formula is C12H6BrClFNO3. The van der Waals surface area contributed by atoms with Gasteiger partial charge in [-0.2, -0.15) is 0 Å². The Morgan fingerprint density at radius 1 is 1.37 bits per heavy atom. The second-order valence-corrected chi connectivity index (χ2v) is 4.80. The lowest BCUT2D eigenvalue weighted by molar-refractivity contribution is 0.0696. The monoisotopic (exact) mass is 345 g/mol. The van der Waals surface area contributed by atoms with Crippen LogP contribution in [0.5, 0.6) is 11.6 Å². The first-order chi connectivity index (χ1) is 8.95. The third-order valence-electron chi connectivity index (χ3n) is 2.13. The summed E-state index contributed by atoms with van der Waals surface area (Å²) < 4.78 is 19.3. The largest absolute Gasteiger partial charge is 0.478 e. The summed E-state index contributed by atoms with van der Waals surface area (Å²) in [5.41, 5.74) is -0.0903. The van der Waals surface area contributed by atoms with E-state index in [1.165, 1.54) is 18.2 Å². The van der Waals surface area contributed by atoms with Crippen LogP contribution in [-0.4, -0.2) is 16.1 Å². The molecule has 1 N–H and O–H groups in total. The molecule has 0 aliphatic carbocycles. The van der Waals surface area contributed by atoms with Crippen molar-refractivity contribution in [2.24, 2.45) is 0 Å². The van der Waals surface area contributed by atoms with Crippen LogP contribution in [-0.2, 0) is 0 Å². The lowest BCUT2D eigenvalue weighted by atomic mass is 10.3. The second kappa shape index (κ2) is 5.54. The summed E-state index contributed by atoms with van der Waals surface area (Å²) in [5, 5.41) is 8.82. The third kappa shape index (κ3) is 3.42. The number of aromatic carboxylic acids is 1. The molecule has 98 valence electrons. The molecule has 2 rings (SSSR count). The van der Waals surface area contributed by atoms with Gasteiger partial charge in [-0.3, -0.25) is 0 Å². The van der Waals surface area contributed by atoms with Crippen molar-refractivity contribution in [3.05, 3.63) is 51.3 Å². The number of halogens is 3. The first-order valence-electron chi connectivity index (χ1n) is 4.99. The zero-order valence-electron chi connectivity index (χ0n) is 9.23. The maximum absolute atomic E-state index is 13.6. The Hall–Kier alpha value is -1.66. The van der Waals surface area contributed by atoms with E-state index in [2.05, 4.69) is 20.9 Å². The first-order valence-corrected chi connectivity index (χ1v) is 6.16. The van der Waals surface area contributed by atoms with Crippen molar-refractivity contribution < 1.29 is 19.0 Å². The number of hydrogen-bond acceptors (Lipinski definition) is 3. The average Bonchev–Trinajstić information content (AvgIpc) is 2.32. The van der Waals surface area contributed by atoms with Gasteiger partial charge in [-0.05, 0) is 24.3 Å². The summed E-state index contributed by atoms with van der Waals surface area (Å²) >= 11 is 8.78. The molecule has 0 fully saturated rings. The fraction of sp³-hybridized carbons (Fsp3) is 0. The van der Waals surface area contributed by atoms with Crippen LogP contribution >= 0.6 is 27.5 Å². The van der Waals surface area contributed by atoms with Gasteiger partial charge < -0.3 is 9.84 Å². The van der Waals surface area contributed by atoms with E-state index >= 15 is 0 Å². The van der Waals surface area contributed by atoms with E-state index in [1.54, 1.807) is 6.07 Å². The van der Waals surface area contributed by atoms with Crippen LogP contribution in [0.4, 0.5) is 4.39 Å². The minimum absolute atomic E-state index is 0.0487. The van der Waals surface area contributed by atoms with Crippen molar-refractivity contribution in [2.45, 2.75) is 0 Å². The predicted octanol–water partition coefficient (Wildman–Crippen LogP) is 4.13. The smallest absolute Gasteiger partial charge is 0.335 e. The van der Waals surface area contributed by atoms with Crippen LogP contribution in [0.25, 0.3) is 0 Å². The minimum Gasteiger partial charge on any atom is -0.478 e. The van der Waals surface area contributed by atoms with Gasteiger partial charge in [0.1, 0.15) is 5.15 Å². The standard InChI is InChI=1S/C12H6BrClFNO3/c13-7-1-2-9(8(15)5-7)19-11-4-6(12(17)18)3-10(14)16-11/h1-5H,(H,17,18). The molecule has 0 amide bonds. The second-order valence-electron chi connectivity index (χ2n) is 3.50. The van der Waals surface area contributed by atoms with Gasteiger partial charge in [0, 0.05) is 10.5 Å². The number of rotatable bonds is 3. The van der Waals surface area contributed by atoms with E-state index in [-0.39, 0.29) is 22.3 Å². The number of nitrogens with zero attached hydrogens (tertiary/aromatic N) is 1. The molecule has 0 saturated carbocycles. The number of carbonyl (C=O) groups is 1. The predicted molar refractivity (Wildman–Crippen MR) is 70.4 cm³/mol. The molecule has 1 aromatic heterocycles. The first kappa shape index (κ1) is 13.8. The molecular weight excluding hydrogens is 340 g/mol. The molecule has 4 nitrogen and oxygen atoms in total. The van der Waals surface area contributed by atoms with Crippen molar-refractivity contribution >= 4 is 33.5 Å². The number of hydrogen-bond donors (Lipinski definition) is 1. The van der Waals surface area contributed by atoms with Crippen LogP contribution in [0.1, 0.15) is 10.4 Å². The molecule has 19 heavy (non-hydrogen) atoms. The molecule has 1 heterocycles. The Labute approximate surface area is 120 Å². The topological polar surface area (TPSA) is 59.4 Å². The van der Waals surface area contributed by atoms with E-state index in [1.807, 2.05) is 0 Å². The van der Waals surface area contributed by atoms with Crippen molar-refractivity contribution in [2.75, 3.05) is 0 Å².